The number of hydrogen-bond donors (Lipinski definition) is 0. The number of fused-ring (bicyclic) bond motifs is 1. The SMILES string of the molecule is C=CC(c1ccccc1)n1ccc2cc(=O)c(I)cc-2c1. The van der Waals surface area contributed by atoms with Crippen LogP contribution in [0.15, 0.2) is 78.4 Å². The normalized spacial score (nSPS) is 12.2. The van der Waals surface area contributed by atoms with Crippen LogP contribution in [0.1, 0.15) is 11.6 Å². The van der Waals surface area contributed by atoms with Crippen LogP contribution < -0.4 is 5.43 Å². The summed E-state index contributed by atoms with van der Waals surface area (Å²) in [5, 5.41) is 0. The van der Waals surface area contributed by atoms with E-state index in [1.165, 1.54) is 5.56 Å². The fourth-order valence-electron chi connectivity index (χ4n) is 2.46. The average Bonchev–Trinajstić information content (AvgIpc) is 2.50. The Morgan fingerprint density at radius 1 is 1.10 bits per heavy atom. The van der Waals surface area contributed by atoms with Crippen molar-refractivity contribution >= 4 is 22.6 Å². The van der Waals surface area contributed by atoms with E-state index < -0.39 is 0 Å². The second-order valence-electron chi connectivity index (χ2n) is 4.89. The number of allylic oxidation sites excluding steroid dienone is 1. The molecule has 1 aromatic carbocycles. The van der Waals surface area contributed by atoms with Crippen molar-refractivity contribution < 1.29 is 0 Å². The minimum absolute atomic E-state index is 0.0733. The molecular weight excluding hydrogens is 373 g/mol. The Balaban J connectivity index is 2.12. The molecule has 1 atom stereocenters. The van der Waals surface area contributed by atoms with Gasteiger partial charge in [0.15, 0.2) is 5.43 Å². The zero-order valence-electron chi connectivity index (χ0n) is 11.4. The second-order valence-corrected chi connectivity index (χ2v) is 6.06. The van der Waals surface area contributed by atoms with E-state index in [2.05, 4.69) is 52.1 Å². The minimum atomic E-state index is 0.0733. The van der Waals surface area contributed by atoms with Crippen LogP contribution in [0.3, 0.4) is 0 Å². The Bertz CT molecular complexity index is 807. The highest BCUT2D eigenvalue weighted by Gasteiger charge is 2.11. The molecule has 0 N–H and O–H groups in total. The predicted molar refractivity (Wildman–Crippen MR) is 94.8 cm³/mol. The van der Waals surface area contributed by atoms with Crippen molar-refractivity contribution in [2.75, 3.05) is 0 Å². The van der Waals surface area contributed by atoms with E-state index in [0.29, 0.717) is 0 Å². The summed E-state index contributed by atoms with van der Waals surface area (Å²) in [6.45, 7) is 3.95. The molecule has 2 nitrogen and oxygen atoms in total. The summed E-state index contributed by atoms with van der Waals surface area (Å²) in [5.41, 5.74) is 3.29. The predicted octanol–water partition coefficient (Wildman–Crippen LogP) is 4.33. The smallest absolute Gasteiger partial charge is 0.192 e. The zero-order valence-corrected chi connectivity index (χ0v) is 13.5. The first-order valence-electron chi connectivity index (χ1n) is 6.67. The molecule has 104 valence electrons. The van der Waals surface area contributed by atoms with Crippen LogP contribution in [0.2, 0.25) is 0 Å². The van der Waals surface area contributed by atoms with Crippen molar-refractivity contribution in [2.24, 2.45) is 0 Å². The maximum atomic E-state index is 11.7. The molecule has 3 rings (SSSR count). The molecular formula is C18H14INO. The van der Waals surface area contributed by atoms with Crippen molar-refractivity contribution in [1.82, 2.24) is 4.57 Å². The first-order valence-corrected chi connectivity index (χ1v) is 7.75. The molecule has 0 bridgehead atoms. The van der Waals surface area contributed by atoms with Gasteiger partial charge in [0.1, 0.15) is 0 Å². The van der Waals surface area contributed by atoms with Crippen molar-refractivity contribution in [3.63, 3.8) is 0 Å². The number of rotatable bonds is 3. The van der Waals surface area contributed by atoms with Crippen molar-refractivity contribution in [1.29, 1.82) is 0 Å². The Morgan fingerprint density at radius 2 is 1.86 bits per heavy atom. The summed E-state index contributed by atoms with van der Waals surface area (Å²) < 4.78 is 2.86. The first kappa shape index (κ1) is 14.1. The highest BCUT2D eigenvalue weighted by Crippen LogP contribution is 2.25. The van der Waals surface area contributed by atoms with Crippen LogP contribution >= 0.6 is 22.6 Å². The van der Waals surface area contributed by atoms with Gasteiger partial charge in [0.25, 0.3) is 0 Å². The quantitative estimate of drug-likeness (QED) is 0.484. The molecule has 0 amide bonds. The summed E-state index contributed by atoms with van der Waals surface area (Å²) >= 11 is 2.08. The first-order chi connectivity index (χ1) is 10.2. The van der Waals surface area contributed by atoms with E-state index in [9.17, 15) is 4.79 Å². The van der Waals surface area contributed by atoms with Gasteiger partial charge in [0.05, 0.1) is 9.61 Å². The number of hydrogen-bond acceptors (Lipinski definition) is 1. The molecule has 1 heterocycles. The third kappa shape index (κ3) is 2.78. The Kier molecular flexibility index (Phi) is 3.92. The highest BCUT2D eigenvalue weighted by molar-refractivity contribution is 14.1. The molecule has 0 saturated heterocycles. The molecule has 2 aliphatic rings. The number of aromatic nitrogens is 1. The highest BCUT2D eigenvalue weighted by atomic mass is 127. The Labute approximate surface area is 137 Å². The van der Waals surface area contributed by atoms with Crippen molar-refractivity contribution in [2.45, 2.75) is 6.04 Å². The average molecular weight is 387 g/mol. The lowest BCUT2D eigenvalue weighted by Crippen LogP contribution is -2.10. The van der Waals surface area contributed by atoms with Crippen molar-refractivity contribution in [3.05, 3.63) is 92.9 Å². The standard InChI is InChI=1S/C18H14INO/c1-2-17(13-6-4-3-5-7-13)20-9-8-14-11-18(21)16(19)10-15(14)12-20/h2-12,17H,1H2. The molecule has 0 aromatic heterocycles. The number of benzene rings is 2. The van der Waals surface area contributed by atoms with Gasteiger partial charge in [-0.2, -0.15) is 0 Å². The van der Waals surface area contributed by atoms with Crippen LogP contribution in [0, 0.1) is 3.57 Å². The summed E-state index contributed by atoms with van der Waals surface area (Å²) in [7, 11) is 0. The largest absolute Gasteiger partial charge is 0.343 e. The monoisotopic (exact) mass is 387 g/mol. The Morgan fingerprint density at radius 3 is 2.57 bits per heavy atom. The van der Waals surface area contributed by atoms with E-state index in [4.69, 9.17) is 0 Å². The topological polar surface area (TPSA) is 22.0 Å². The molecule has 1 unspecified atom stereocenters. The summed E-state index contributed by atoms with van der Waals surface area (Å²) in [4.78, 5) is 11.7. The van der Waals surface area contributed by atoms with Gasteiger partial charge in [0, 0.05) is 12.4 Å². The van der Waals surface area contributed by atoms with E-state index in [1.54, 1.807) is 6.07 Å². The van der Waals surface area contributed by atoms with Crippen LogP contribution in [0.5, 0.6) is 0 Å². The lowest BCUT2D eigenvalue weighted by Gasteiger charge is -2.19. The van der Waals surface area contributed by atoms with Gasteiger partial charge in [-0.3, -0.25) is 4.79 Å². The van der Waals surface area contributed by atoms with Gasteiger partial charge >= 0.3 is 0 Å². The van der Waals surface area contributed by atoms with Crippen LogP contribution in [-0.2, 0) is 0 Å². The lowest BCUT2D eigenvalue weighted by molar-refractivity contribution is 0.696. The zero-order chi connectivity index (χ0) is 14.8. The number of pyridine rings is 1. The minimum Gasteiger partial charge on any atom is -0.343 e. The molecule has 0 fully saturated rings. The van der Waals surface area contributed by atoms with Gasteiger partial charge in [-0.25, -0.2) is 0 Å². The molecule has 3 heteroatoms. The molecule has 0 radical (unpaired) electrons. The molecule has 1 aliphatic heterocycles. The Hall–Kier alpha value is -1.88. The van der Waals surface area contributed by atoms with Gasteiger partial charge < -0.3 is 4.57 Å². The van der Waals surface area contributed by atoms with Crippen LogP contribution in [-0.4, -0.2) is 4.57 Å². The molecule has 0 spiro atoms. The fourth-order valence-corrected chi connectivity index (χ4v) is 2.96. The molecule has 1 aromatic rings. The van der Waals surface area contributed by atoms with Crippen molar-refractivity contribution in [3.8, 4) is 11.1 Å². The van der Waals surface area contributed by atoms with E-state index >= 15 is 0 Å². The van der Waals surface area contributed by atoms with Crippen LogP contribution in [0.4, 0.5) is 0 Å². The van der Waals surface area contributed by atoms with Gasteiger partial charge in [-0.15, -0.1) is 6.58 Å². The lowest BCUT2D eigenvalue weighted by atomic mass is 10.0. The summed E-state index contributed by atoms with van der Waals surface area (Å²) in [6.07, 6.45) is 5.98. The van der Waals surface area contributed by atoms with E-state index in [1.807, 2.05) is 42.6 Å². The fraction of sp³-hybridized carbons (Fsp3) is 0.0556. The third-order valence-electron chi connectivity index (χ3n) is 3.54. The van der Waals surface area contributed by atoms with Gasteiger partial charge in [-0.1, -0.05) is 36.4 Å². The number of halogens is 1. The summed E-state index contributed by atoms with van der Waals surface area (Å²) in [6, 6.07) is 15.9. The van der Waals surface area contributed by atoms with Gasteiger partial charge in [-0.05, 0) is 57.5 Å². The third-order valence-corrected chi connectivity index (χ3v) is 4.38. The maximum Gasteiger partial charge on any atom is 0.192 e. The summed E-state index contributed by atoms with van der Waals surface area (Å²) in [5.74, 6) is 0. The van der Waals surface area contributed by atoms with E-state index in [-0.39, 0.29) is 11.5 Å². The molecule has 1 aliphatic carbocycles. The van der Waals surface area contributed by atoms with Gasteiger partial charge in [0.2, 0.25) is 0 Å². The van der Waals surface area contributed by atoms with E-state index in [0.717, 1.165) is 14.7 Å². The molecule has 21 heavy (non-hydrogen) atoms. The van der Waals surface area contributed by atoms with Crippen LogP contribution in [0.25, 0.3) is 11.1 Å². The molecule has 0 saturated carbocycles. The number of nitrogens with zero attached hydrogens (tertiary/aromatic N) is 1. The maximum absolute atomic E-state index is 11.7. The second kappa shape index (κ2) is 5.85.